The Bertz CT molecular complexity index is 467. The molecule has 0 N–H and O–H groups in total. The van der Waals surface area contributed by atoms with Crippen LogP contribution in [0.3, 0.4) is 0 Å². The second-order valence-corrected chi connectivity index (χ2v) is 3.31. The van der Waals surface area contributed by atoms with Gasteiger partial charge in [0.15, 0.2) is 5.52 Å². The van der Waals surface area contributed by atoms with Gasteiger partial charge in [0, 0.05) is 17.1 Å². The quantitative estimate of drug-likeness (QED) is 0.644. The van der Waals surface area contributed by atoms with Gasteiger partial charge in [-0.05, 0) is 12.1 Å². The first kappa shape index (κ1) is 8.33. The van der Waals surface area contributed by atoms with Crippen LogP contribution in [0.2, 0.25) is 0 Å². The second kappa shape index (κ2) is 3.23. The molecular formula is C10H8NOP. The van der Waals surface area contributed by atoms with Crippen molar-refractivity contribution >= 4 is 25.7 Å². The third kappa shape index (κ3) is 1.58. The third-order valence-corrected chi connectivity index (χ3v) is 2.21. The zero-order chi connectivity index (χ0) is 9.26. The van der Waals surface area contributed by atoms with Gasteiger partial charge in [-0.15, -0.1) is 0 Å². The van der Waals surface area contributed by atoms with E-state index >= 15 is 0 Å². The molecule has 0 aliphatic carbocycles. The lowest BCUT2D eigenvalue weighted by atomic mass is 10.2. The summed E-state index contributed by atoms with van der Waals surface area (Å²) in [5.74, 6) is 0. The van der Waals surface area contributed by atoms with Crippen molar-refractivity contribution in [1.29, 1.82) is 0 Å². The number of rotatable bonds is 1. The normalized spacial score (nSPS) is 10.2. The highest BCUT2D eigenvalue weighted by Crippen LogP contribution is 2.14. The van der Waals surface area contributed by atoms with Crippen LogP contribution in [0.4, 0.5) is 0 Å². The summed E-state index contributed by atoms with van der Waals surface area (Å²) >= 11 is 0. The summed E-state index contributed by atoms with van der Waals surface area (Å²) in [6.07, 6.45) is 1.59. The molecule has 0 aliphatic rings. The maximum absolute atomic E-state index is 11.0. The number of benzene rings is 1. The van der Waals surface area contributed by atoms with Crippen molar-refractivity contribution in [2.45, 2.75) is 0 Å². The topological polar surface area (TPSA) is 30.0 Å². The molecule has 13 heavy (non-hydrogen) atoms. The second-order valence-electron chi connectivity index (χ2n) is 2.78. The van der Waals surface area contributed by atoms with Crippen LogP contribution in [-0.4, -0.2) is 10.5 Å². The monoisotopic (exact) mass is 189 g/mol. The van der Waals surface area contributed by atoms with Gasteiger partial charge in [0.05, 0.1) is 5.52 Å². The largest absolute Gasteiger partial charge is 0.290 e. The Morgan fingerprint density at radius 2 is 2.08 bits per heavy atom. The maximum atomic E-state index is 11.0. The minimum atomic E-state index is -0.0294. The number of carbonyl (C=O) groups is 1. The molecule has 0 radical (unpaired) electrons. The molecule has 2 aromatic rings. The van der Waals surface area contributed by atoms with Gasteiger partial charge in [-0.3, -0.25) is 9.78 Å². The lowest BCUT2D eigenvalue weighted by Gasteiger charge is -1.98. The molecule has 0 saturated heterocycles. The molecule has 2 nitrogen and oxygen atoms in total. The average Bonchev–Trinajstić information content (AvgIpc) is 2.17. The Labute approximate surface area is 78.2 Å². The predicted octanol–water partition coefficient (Wildman–Crippen LogP) is 2.25. The highest BCUT2D eigenvalue weighted by atomic mass is 31.0. The van der Waals surface area contributed by atoms with Gasteiger partial charge in [0.2, 0.25) is 0 Å². The fourth-order valence-corrected chi connectivity index (χ4v) is 1.36. The van der Waals surface area contributed by atoms with E-state index in [1.165, 1.54) is 0 Å². The van der Waals surface area contributed by atoms with Gasteiger partial charge in [-0.1, -0.05) is 27.4 Å². The summed E-state index contributed by atoms with van der Waals surface area (Å²) in [7, 11) is 2.14. The lowest BCUT2D eigenvalue weighted by molar-refractivity contribution is 0.108. The standard InChI is InChI=1S/C10H8NOP/c12-10(13)8-5-7-3-1-2-4-9(7)11-6-8/h1-6H,13H2. The van der Waals surface area contributed by atoms with Crippen molar-refractivity contribution < 1.29 is 4.79 Å². The van der Waals surface area contributed by atoms with Gasteiger partial charge in [-0.25, -0.2) is 0 Å². The summed E-state index contributed by atoms with van der Waals surface area (Å²) in [5.41, 5.74) is 1.51. The number of hydrogen-bond acceptors (Lipinski definition) is 2. The van der Waals surface area contributed by atoms with E-state index in [4.69, 9.17) is 0 Å². The van der Waals surface area contributed by atoms with Gasteiger partial charge in [-0.2, -0.15) is 0 Å². The van der Waals surface area contributed by atoms with E-state index in [1.807, 2.05) is 30.3 Å². The van der Waals surface area contributed by atoms with Gasteiger partial charge < -0.3 is 0 Å². The summed E-state index contributed by atoms with van der Waals surface area (Å²) in [6, 6.07) is 9.57. The molecule has 0 aliphatic heterocycles. The van der Waals surface area contributed by atoms with Crippen molar-refractivity contribution in [3.05, 3.63) is 42.1 Å². The molecule has 0 fully saturated rings. The van der Waals surface area contributed by atoms with Gasteiger partial charge >= 0.3 is 0 Å². The Balaban J connectivity index is 2.69. The van der Waals surface area contributed by atoms with Gasteiger partial charge in [0.25, 0.3) is 0 Å². The molecule has 64 valence electrons. The average molecular weight is 189 g/mol. The van der Waals surface area contributed by atoms with Crippen molar-refractivity contribution in [2.75, 3.05) is 0 Å². The summed E-state index contributed by atoms with van der Waals surface area (Å²) in [5, 5.41) is 0.996. The molecule has 0 spiro atoms. The predicted molar refractivity (Wildman–Crippen MR) is 55.8 cm³/mol. The molecular weight excluding hydrogens is 181 g/mol. The fraction of sp³-hybridized carbons (Fsp3) is 0. The minimum Gasteiger partial charge on any atom is -0.290 e. The number of nitrogens with zero attached hydrogens (tertiary/aromatic N) is 1. The zero-order valence-corrected chi connectivity index (χ0v) is 8.05. The highest BCUT2D eigenvalue weighted by Gasteiger charge is 2.00. The van der Waals surface area contributed by atoms with Crippen molar-refractivity contribution in [1.82, 2.24) is 4.98 Å². The Morgan fingerprint density at radius 3 is 2.85 bits per heavy atom. The molecule has 1 unspecified atom stereocenters. The first-order valence-corrected chi connectivity index (χ1v) is 4.50. The third-order valence-electron chi connectivity index (χ3n) is 1.87. The van der Waals surface area contributed by atoms with Crippen LogP contribution in [0, 0.1) is 0 Å². The van der Waals surface area contributed by atoms with Crippen LogP contribution in [-0.2, 0) is 0 Å². The number of hydrogen-bond donors (Lipinski definition) is 0. The SMILES string of the molecule is O=C(P)c1cnc2ccccc2c1. The van der Waals surface area contributed by atoms with Crippen molar-refractivity contribution in [2.24, 2.45) is 0 Å². The molecule has 2 rings (SSSR count). The van der Waals surface area contributed by atoms with E-state index < -0.39 is 0 Å². The summed E-state index contributed by atoms with van der Waals surface area (Å²) in [4.78, 5) is 15.2. The lowest BCUT2D eigenvalue weighted by Crippen LogP contribution is -1.89. The summed E-state index contributed by atoms with van der Waals surface area (Å²) in [6.45, 7) is 0. The van der Waals surface area contributed by atoms with Crippen LogP contribution in [0.1, 0.15) is 10.4 Å². The molecule has 3 heteroatoms. The van der Waals surface area contributed by atoms with Crippen LogP contribution < -0.4 is 0 Å². The smallest absolute Gasteiger partial charge is 0.179 e. The minimum absolute atomic E-state index is 0.0294. The number of pyridine rings is 1. The molecule has 0 saturated carbocycles. The first-order valence-electron chi connectivity index (χ1n) is 3.92. The van der Waals surface area contributed by atoms with E-state index in [1.54, 1.807) is 6.20 Å². The Kier molecular flexibility index (Phi) is 2.07. The van der Waals surface area contributed by atoms with E-state index in [0.29, 0.717) is 5.56 Å². The van der Waals surface area contributed by atoms with Crippen LogP contribution in [0.5, 0.6) is 0 Å². The number of carbonyl (C=O) groups excluding carboxylic acids is 1. The van der Waals surface area contributed by atoms with Gasteiger partial charge in [0.1, 0.15) is 0 Å². The van der Waals surface area contributed by atoms with E-state index in [0.717, 1.165) is 10.9 Å². The van der Waals surface area contributed by atoms with E-state index in [2.05, 4.69) is 14.2 Å². The molecule has 1 aromatic heterocycles. The highest BCUT2D eigenvalue weighted by molar-refractivity contribution is 7.41. The number of aromatic nitrogens is 1. The zero-order valence-electron chi connectivity index (χ0n) is 6.90. The molecule has 0 bridgehead atoms. The van der Waals surface area contributed by atoms with Crippen molar-refractivity contribution in [3.63, 3.8) is 0 Å². The Morgan fingerprint density at radius 1 is 1.31 bits per heavy atom. The van der Waals surface area contributed by atoms with E-state index in [9.17, 15) is 4.79 Å². The van der Waals surface area contributed by atoms with Crippen LogP contribution in [0.25, 0.3) is 10.9 Å². The van der Waals surface area contributed by atoms with Crippen LogP contribution in [0.15, 0.2) is 36.5 Å². The summed E-state index contributed by atoms with van der Waals surface area (Å²) < 4.78 is 0. The fourth-order valence-electron chi connectivity index (χ4n) is 1.21. The first-order chi connectivity index (χ1) is 6.27. The molecule has 1 aromatic carbocycles. The number of para-hydroxylation sites is 1. The molecule has 1 atom stereocenters. The van der Waals surface area contributed by atoms with E-state index in [-0.39, 0.29) is 5.52 Å². The Hall–Kier alpha value is -1.27. The maximum Gasteiger partial charge on any atom is 0.179 e. The molecule has 0 amide bonds. The van der Waals surface area contributed by atoms with Crippen molar-refractivity contribution in [3.8, 4) is 0 Å². The molecule has 1 heterocycles. The van der Waals surface area contributed by atoms with Crippen LogP contribution >= 0.6 is 9.24 Å². The number of fused-ring (bicyclic) bond motifs is 1.